The van der Waals surface area contributed by atoms with Crippen LogP contribution in [0.25, 0.3) is 12.2 Å². The zero-order valence-electron chi connectivity index (χ0n) is 18.6. The Balaban J connectivity index is 2.31. The number of hydrogen-bond acceptors (Lipinski definition) is 7. The van der Waals surface area contributed by atoms with Gasteiger partial charge in [-0.05, 0) is 73.4 Å². The van der Waals surface area contributed by atoms with Gasteiger partial charge in [0.25, 0.3) is 0 Å². The number of aryl methyl sites for hydroxylation is 1. The Labute approximate surface area is 192 Å². The number of phenolic OH excluding ortho intramolecular Hbond substituents is 1. The number of ether oxygens (including phenoxy) is 1. The zero-order chi connectivity index (χ0) is 24.4. The molecule has 0 bridgehead atoms. The lowest BCUT2D eigenvalue weighted by Crippen LogP contribution is -2.08. The molecule has 0 fully saturated rings. The summed E-state index contributed by atoms with van der Waals surface area (Å²) in [7, 11) is 0. The van der Waals surface area contributed by atoms with Crippen molar-refractivity contribution in [3.8, 4) is 11.5 Å². The molecule has 0 aliphatic heterocycles. The first kappa shape index (κ1) is 25.4. The smallest absolute Gasteiger partial charge is 0.306 e. The molecule has 0 unspecified atom stereocenters. The van der Waals surface area contributed by atoms with Gasteiger partial charge in [0.2, 0.25) is 0 Å². The average molecular weight is 453 g/mol. The molecule has 174 valence electrons. The lowest BCUT2D eigenvalue weighted by Gasteiger charge is -2.07. The van der Waals surface area contributed by atoms with Gasteiger partial charge in [0.05, 0.1) is 13.2 Å². The Morgan fingerprint density at radius 1 is 0.939 bits per heavy atom. The second-order valence-electron chi connectivity index (χ2n) is 7.29. The standard InChI is InChI=1S/C26H28O7/c1-3-33-26(32)13-8-21(24(30)11-6-18-4-9-22(28)17(2)14-18)25(31)12-7-19-5-10-23(29)20(15-19)16-27/h4-7,9-12,14-15,27-29,31H,3,8,13,16H2,1-2H3/b11-6+,12-7+,25-21-. The van der Waals surface area contributed by atoms with Gasteiger partial charge in [-0.3, -0.25) is 9.59 Å². The van der Waals surface area contributed by atoms with Crippen molar-refractivity contribution in [2.24, 2.45) is 0 Å². The SMILES string of the molecule is CCOC(=O)CC/C(C(=O)/C=C/c1ccc(O)c(C)c1)=C(O)\C=C\c1ccc(O)c(CO)c1. The predicted octanol–water partition coefficient (Wildman–Crippen LogP) is 4.35. The molecular weight excluding hydrogens is 424 g/mol. The number of rotatable bonds is 10. The van der Waals surface area contributed by atoms with Gasteiger partial charge in [0.15, 0.2) is 5.78 Å². The molecule has 0 spiro atoms. The fraction of sp³-hybridized carbons (Fsp3) is 0.231. The molecule has 0 aliphatic carbocycles. The van der Waals surface area contributed by atoms with E-state index in [0.717, 1.165) is 0 Å². The van der Waals surface area contributed by atoms with E-state index in [1.165, 1.54) is 30.4 Å². The van der Waals surface area contributed by atoms with Gasteiger partial charge in [0.1, 0.15) is 17.3 Å². The van der Waals surface area contributed by atoms with Gasteiger partial charge in [0, 0.05) is 17.6 Å². The number of phenols is 2. The van der Waals surface area contributed by atoms with Crippen LogP contribution in [0.3, 0.4) is 0 Å². The van der Waals surface area contributed by atoms with Gasteiger partial charge < -0.3 is 25.2 Å². The van der Waals surface area contributed by atoms with Crippen LogP contribution >= 0.6 is 0 Å². The minimum atomic E-state index is -0.483. The Hall–Kier alpha value is -3.84. The normalized spacial score (nSPS) is 12.2. The Morgan fingerprint density at radius 2 is 1.58 bits per heavy atom. The van der Waals surface area contributed by atoms with Crippen molar-refractivity contribution in [2.75, 3.05) is 6.61 Å². The van der Waals surface area contributed by atoms with Crippen LogP contribution < -0.4 is 0 Å². The van der Waals surface area contributed by atoms with E-state index in [9.17, 15) is 30.0 Å². The Morgan fingerprint density at radius 3 is 2.21 bits per heavy atom. The van der Waals surface area contributed by atoms with E-state index < -0.39 is 11.8 Å². The average Bonchev–Trinajstić information content (AvgIpc) is 2.79. The third-order valence-electron chi connectivity index (χ3n) is 4.85. The van der Waals surface area contributed by atoms with E-state index in [1.54, 1.807) is 44.2 Å². The lowest BCUT2D eigenvalue weighted by atomic mass is 10.0. The molecular formula is C26H28O7. The van der Waals surface area contributed by atoms with Crippen molar-refractivity contribution in [1.29, 1.82) is 0 Å². The van der Waals surface area contributed by atoms with Crippen LogP contribution in [0, 0.1) is 6.92 Å². The number of aliphatic hydroxyl groups excluding tert-OH is 2. The number of allylic oxidation sites excluding steroid dienone is 3. The van der Waals surface area contributed by atoms with Gasteiger partial charge in [-0.25, -0.2) is 0 Å². The first-order valence-corrected chi connectivity index (χ1v) is 10.5. The minimum absolute atomic E-state index is 0.0236. The molecule has 0 amide bonds. The molecule has 2 aromatic rings. The molecule has 4 N–H and O–H groups in total. The summed E-state index contributed by atoms with van der Waals surface area (Å²) in [4.78, 5) is 24.6. The van der Waals surface area contributed by atoms with Crippen molar-refractivity contribution in [3.05, 3.63) is 82.1 Å². The minimum Gasteiger partial charge on any atom is -0.508 e. The number of aliphatic hydroxyl groups is 2. The highest BCUT2D eigenvalue weighted by molar-refractivity contribution is 6.07. The molecule has 7 heteroatoms. The topological polar surface area (TPSA) is 124 Å². The fourth-order valence-corrected chi connectivity index (χ4v) is 3.00. The number of hydrogen-bond donors (Lipinski definition) is 4. The summed E-state index contributed by atoms with van der Waals surface area (Å²) in [5, 5.41) is 39.2. The van der Waals surface area contributed by atoms with Crippen LogP contribution in [0.15, 0.2) is 59.9 Å². The summed E-state index contributed by atoms with van der Waals surface area (Å²) in [6, 6.07) is 9.44. The van der Waals surface area contributed by atoms with Crippen LogP contribution in [0.2, 0.25) is 0 Å². The van der Waals surface area contributed by atoms with Crippen LogP contribution in [0.5, 0.6) is 11.5 Å². The third-order valence-corrected chi connectivity index (χ3v) is 4.85. The first-order chi connectivity index (χ1) is 15.7. The highest BCUT2D eigenvalue weighted by Crippen LogP contribution is 2.21. The first-order valence-electron chi connectivity index (χ1n) is 10.5. The molecule has 0 atom stereocenters. The molecule has 0 saturated carbocycles. The molecule has 7 nitrogen and oxygen atoms in total. The van der Waals surface area contributed by atoms with Crippen molar-refractivity contribution in [3.63, 3.8) is 0 Å². The van der Waals surface area contributed by atoms with E-state index in [2.05, 4.69) is 0 Å². The molecule has 33 heavy (non-hydrogen) atoms. The monoisotopic (exact) mass is 452 g/mol. The summed E-state index contributed by atoms with van der Waals surface area (Å²) >= 11 is 0. The molecule has 0 saturated heterocycles. The summed E-state index contributed by atoms with van der Waals surface area (Å²) in [5.74, 6) is -1.17. The van der Waals surface area contributed by atoms with Crippen LogP contribution in [0.1, 0.15) is 42.0 Å². The molecule has 2 aromatic carbocycles. The molecule has 0 aliphatic rings. The molecule has 0 aromatic heterocycles. The van der Waals surface area contributed by atoms with E-state index in [0.29, 0.717) is 22.3 Å². The maximum absolute atomic E-state index is 12.8. The van der Waals surface area contributed by atoms with Gasteiger partial charge in [-0.15, -0.1) is 0 Å². The lowest BCUT2D eigenvalue weighted by molar-refractivity contribution is -0.143. The second kappa shape index (κ2) is 12.3. The number of carbonyl (C=O) groups is 2. The predicted molar refractivity (Wildman–Crippen MR) is 125 cm³/mol. The van der Waals surface area contributed by atoms with E-state index >= 15 is 0 Å². The largest absolute Gasteiger partial charge is 0.508 e. The van der Waals surface area contributed by atoms with Crippen molar-refractivity contribution in [1.82, 2.24) is 0 Å². The van der Waals surface area contributed by atoms with Crippen LogP contribution in [0.4, 0.5) is 0 Å². The third kappa shape index (κ3) is 7.66. The molecule has 0 radical (unpaired) electrons. The number of ketones is 1. The van der Waals surface area contributed by atoms with E-state index in [-0.39, 0.29) is 48.9 Å². The van der Waals surface area contributed by atoms with Gasteiger partial charge >= 0.3 is 5.97 Å². The summed E-state index contributed by atoms with van der Waals surface area (Å²) in [6.07, 6.45) is 5.60. The quantitative estimate of drug-likeness (QED) is 0.183. The van der Waals surface area contributed by atoms with E-state index in [1.807, 2.05) is 0 Å². The molecule has 0 heterocycles. The maximum Gasteiger partial charge on any atom is 0.306 e. The summed E-state index contributed by atoms with van der Waals surface area (Å²) in [5.41, 5.74) is 2.30. The van der Waals surface area contributed by atoms with Gasteiger partial charge in [-0.1, -0.05) is 24.3 Å². The second-order valence-corrected chi connectivity index (χ2v) is 7.29. The van der Waals surface area contributed by atoms with E-state index in [4.69, 9.17) is 4.74 Å². The molecule has 2 rings (SSSR count). The fourth-order valence-electron chi connectivity index (χ4n) is 3.00. The number of esters is 1. The summed E-state index contributed by atoms with van der Waals surface area (Å²) < 4.78 is 4.91. The summed E-state index contributed by atoms with van der Waals surface area (Å²) in [6.45, 7) is 3.29. The number of carbonyl (C=O) groups excluding carboxylic acids is 2. The van der Waals surface area contributed by atoms with Crippen molar-refractivity contribution in [2.45, 2.75) is 33.3 Å². The number of benzene rings is 2. The van der Waals surface area contributed by atoms with Crippen LogP contribution in [-0.2, 0) is 20.9 Å². The number of aromatic hydroxyl groups is 2. The highest BCUT2D eigenvalue weighted by Gasteiger charge is 2.14. The van der Waals surface area contributed by atoms with Crippen molar-refractivity contribution >= 4 is 23.9 Å². The Kier molecular flexibility index (Phi) is 9.45. The van der Waals surface area contributed by atoms with Crippen LogP contribution in [-0.4, -0.2) is 38.8 Å². The van der Waals surface area contributed by atoms with Crippen molar-refractivity contribution < 1.29 is 34.8 Å². The highest BCUT2D eigenvalue weighted by atomic mass is 16.5. The van der Waals surface area contributed by atoms with Gasteiger partial charge in [-0.2, -0.15) is 0 Å². The Bertz CT molecular complexity index is 1090. The zero-order valence-corrected chi connectivity index (χ0v) is 18.6. The maximum atomic E-state index is 12.8.